The third kappa shape index (κ3) is 4.04. The predicted octanol–water partition coefficient (Wildman–Crippen LogP) is 1.93. The number of nitrogens with one attached hydrogen (secondary N) is 1. The van der Waals surface area contributed by atoms with Crippen molar-refractivity contribution < 1.29 is 8.42 Å². The summed E-state index contributed by atoms with van der Waals surface area (Å²) in [5.74, 6) is 0. The fourth-order valence-electron chi connectivity index (χ4n) is 3.33. The monoisotopic (exact) mass is 379 g/mol. The van der Waals surface area contributed by atoms with E-state index in [1.54, 1.807) is 10.4 Å². The van der Waals surface area contributed by atoms with Crippen LogP contribution in [0.2, 0.25) is 0 Å². The van der Waals surface area contributed by atoms with Crippen molar-refractivity contribution in [3.8, 4) is 0 Å². The van der Waals surface area contributed by atoms with E-state index >= 15 is 0 Å². The number of aryl methyl sites for hydroxylation is 2. The minimum atomic E-state index is -3.43. The van der Waals surface area contributed by atoms with Crippen LogP contribution in [0.5, 0.6) is 0 Å². The fraction of sp³-hybridized carbons (Fsp3) is 0.500. The molecule has 2 aliphatic rings. The predicted molar refractivity (Wildman–Crippen MR) is 104 cm³/mol. The molecule has 0 spiro atoms. The summed E-state index contributed by atoms with van der Waals surface area (Å²) in [5, 5.41) is 3.82. The van der Waals surface area contributed by atoms with E-state index in [9.17, 15) is 8.42 Å². The van der Waals surface area contributed by atoms with Gasteiger partial charge < -0.3 is 10.2 Å². The molecule has 1 heterocycles. The van der Waals surface area contributed by atoms with Crippen LogP contribution < -0.4 is 5.32 Å². The van der Waals surface area contributed by atoms with Gasteiger partial charge in [-0.25, -0.2) is 8.42 Å². The Morgan fingerprint density at radius 3 is 2.56 bits per heavy atom. The van der Waals surface area contributed by atoms with Crippen molar-refractivity contribution >= 4 is 27.4 Å². The SMILES string of the molecule is C=C(C)CNC(=S)N1CCN(S(=O)(=O)c2ccc3c(c2)CCC3)CC1. The summed E-state index contributed by atoms with van der Waals surface area (Å²) in [7, 11) is -3.43. The molecule has 1 aliphatic carbocycles. The normalized spacial score (nSPS) is 18.0. The molecule has 0 bridgehead atoms. The van der Waals surface area contributed by atoms with E-state index in [-0.39, 0.29) is 0 Å². The summed E-state index contributed by atoms with van der Waals surface area (Å²) in [6.45, 7) is 8.55. The van der Waals surface area contributed by atoms with Gasteiger partial charge in [-0.1, -0.05) is 18.2 Å². The van der Waals surface area contributed by atoms with Crippen LogP contribution >= 0.6 is 12.2 Å². The van der Waals surface area contributed by atoms with Gasteiger partial charge in [0, 0.05) is 32.7 Å². The maximum atomic E-state index is 12.9. The van der Waals surface area contributed by atoms with Crippen LogP contribution in [0.15, 0.2) is 35.2 Å². The average molecular weight is 380 g/mol. The van der Waals surface area contributed by atoms with E-state index in [0.717, 1.165) is 24.8 Å². The standard InChI is InChI=1S/C18H25N3O2S2/c1-14(2)13-19-18(24)20-8-10-21(11-9-20)25(22,23)17-7-6-15-4-3-5-16(15)12-17/h6-7,12H,1,3-5,8-11,13H2,2H3,(H,19,24). The van der Waals surface area contributed by atoms with Gasteiger partial charge in [-0.3, -0.25) is 0 Å². The number of fused-ring (bicyclic) bond motifs is 1. The molecule has 25 heavy (non-hydrogen) atoms. The molecule has 0 amide bonds. The first kappa shape index (κ1) is 18.4. The van der Waals surface area contributed by atoms with Crippen molar-refractivity contribution in [1.29, 1.82) is 0 Å². The van der Waals surface area contributed by atoms with Gasteiger partial charge in [-0.15, -0.1) is 0 Å². The quantitative estimate of drug-likeness (QED) is 0.640. The Balaban J connectivity index is 1.64. The molecule has 0 radical (unpaired) electrons. The molecule has 1 aromatic carbocycles. The first-order valence-corrected chi connectivity index (χ1v) is 10.5. The number of hydrogen-bond donors (Lipinski definition) is 1. The Labute approximate surface area is 155 Å². The highest BCUT2D eigenvalue weighted by molar-refractivity contribution is 7.89. The summed E-state index contributed by atoms with van der Waals surface area (Å²) < 4.78 is 27.4. The largest absolute Gasteiger partial charge is 0.359 e. The van der Waals surface area contributed by atoms with Crippen LogP contribution in [0.1, 0.15) is 24.5 Å². The summed E-state index contributed by atoms with van der Waals surface area (Å²) >= 11 is 5.38. The fourth-order valence-corrected chi connectivity index (χ4v) is 5.06. The second kappa shape index (κ2) is 7.43. The van der Waals surface area contributed by atoms with E-state index in [2.05, 4.69) is 11.9 Å². The molecule has 1 aliphatic heterocycles. The van der Waals surface area contributed by atoms with Crippen LogP contribution in [-0.2, 0) is 22.9 Å². The molecule has 1 fully saturated rings. The molecular weight excluding hydrogens is 354 g/mol. The van der Waals surface area contributed by atoms with Crippen molar-refractivity contribution in [1.82, 2.24) is 14.5 Å². The van der Waals surface area contributed by atoms with E-state index in [0.29, 0.717) is 42.7 Å². The number of rotatable bonds is 4. The molecule has 5 nitrogen and oxygen atoms in total. The Hall–Kier alpha value is -1.44. The van der Waals surface area contributed by atoms with Crippen LogP contribution in [0.4, 0.5) is 0 Å². The van der Waals surface area contributed by atoms with Gasteiger partial charge in [0.2, 0.25) is 10.0 Å². The number of nitrogens with zero attached hydrogens (tertiary/aromatic N) is 2. The second-order valence-corrected chi connectivity index (χ2v) is 9.12. The number of piperazine rings is 1. The van der Waals surface area contributed by atoms with Gasteiger partial charge >= 0.3 is 0 Å². The van der Waals surface area contributed by atoms with Crippen molar-refractivity contribution in [2.75, 3.05) is 32.7 Å². The van der Waals surface area contributed by atoms with E-state index < -0.39 is 10.0 Å². The van der Waals surface area contributed by atoms with Gasteiger partial charge in [0.1, 0.15) is 0 Å². The molecule has 0 atom stereocenters. The van der Waals surface area contributed by atoms with E-state index in [4.69, 9.17) is 12.2 Å². The lowest BCUT2D eigenvalue weighted by Crippen LogP contribution is -2.53. The first-order valence-electron chi connectivity index (χ1n) is 8.67. The second-order valence-electron chi connectivity index (χ2n) is 6.79. The Bertz CT molecular complexity index is 782. The zero-order valence-corrected chi connectivity index (χ0v) is 16.3. The molecule has 1 saturated heterocycles. The van der Waals surface area contributed by atoms with Gasteiger partial charge in [-0.2, -0.15) is 4.31 Å². The maximum absolute atomic E-state index is 12.9. The molecule has 7 heteroatoms. The average Bonchev–Trinajstić information content (AvgIpc) is 3.07. The molecule has 1 aromatic rings. The van der Waals surface area contributed by atoms with E-state index in [1.807, 2.05) is 24.0 Å². The van der Waals surface area contributed by atoms with Crippen LogP contribution in [0.3, 0.4) is 0 Å². The minimum absolute atomic E-state index is 0.421. The smallest absolute Gasteiger partial charge is 0.243 e. The van der Waals surface area contributed by atoms with Gasteiger partial charge in [0.05, 0.1) is 4.90 Å². The molecule has 1 N–H and O–H groups in total. The van der Waals surface area contributed by atoms with Crippen LogP contribution in [0, 0.1) is 0 Å². The molecule has 0 aromatic heterocycles. The molecular formula is C18H25N3O2S2. The number of hydrogen-bond acceptors (Lipinski definition) is 3. The number of thiocarbonyl (C=S) groups is 1. The van der Waals surface area contributed by atoms with Gasteiger partial charge in [0.25, 0.3) is 0 Å². The Morgan fingerprint density at radius 1 is 1.20 bits per heavy atom. The Kier molecular flexibility index (Phi) is 5.46. The first-order chi connectivity index (χ1) is 11.9. The number of sulfonamides is 1. The summed E-state index contributed by atoms with van der Waals surface area (Å²) in [4.78, 5) is 2.44. The van der Waals surface area contributed by atoms with Gasteiger partial charge in [0.15, 0.2) is 5.11 Å². The molecule has 0 saturated carbocycles. The third-order valence-corrected chi connectivity index (χ3v) is 7.07. The third-order valence-electron chi connectivity index (χ3n) is 4.77. The summed E-state index contributed by atoms with van der Waals surface area (Å²) in [6, 6.07) is 5.59. The summed E-state index contributed by atoms with van der Waals surface area (Å²) in [5.41, 5.74) is 3.49. The lowest BCUT2D eigenvalue weighted by Gasteiger charge is -2.35. The summed E-state index contributed by atoms with van der Waals surface area (Å²) in [6.07, 6.45) is 3.16. The topological polar surface area (TPSA) is 52.6 Å². The van der Waals surface area contributed by atoms with Crippen molar-refractivity contribution in [2.45, 2.75) is 31.1 Å². The molecule has 0 unspecified atom stereocenters. The highest BCUT2D eigenvalue weighted by Crippen LogP contribution is 2.26. The highest BCUT2D eigenvalue weighted by atomic mass is 32.2. The van der Waals surface area contributed by atoms with Gasteiger partial charge in [-0.05, 0) is 61.7 Å². The van der Waals surface area contributed by atoms with Crippen molar-refractivity contribution in [3.63, 3.8) is 0 Å². The minimum Gasteiger partial charge on any atom is -0.359 e. The zero-order valence-electron chi connectivity index (χ0n) is 14.6. The lowest BCUT2D eigenvalue weighted by atomic mass is 10.1. The molecule has 3 rings (SSSR count). The molecule has 136 valence electrons. The lowest BCUT2D eigenvalue weighted by molar-refractivity contribution is 0.264. The van der Waals surface area contributed by atoms with Crippen LogP contribution in [-0.4, -0.2) is 55.5 Å². The van der Waals surface area contributed by atoms with Crippen LogP contribution in [0.25, 0.3) is 0 Å². The van der Waals surface area contributed by atoms with Crippen molar-refractivity contribution in [3.05, 3.63) is 41.5 Å². The zero-order chi connectivity index (χ0) is 18.0. The maximum Gasteiger partial charge on any atom is 0.243 e. The Morgan fingerprint density at radius 2 is 1.88 bits per heavy atom. The van der Waals surface area contributed by atoms with E-state index in [1.165, 1.54) is 11.1 Å². The highest BCUT2D eigenvalue weighted by Gasteiger charge is 2.30. The number of benzene rings is 1. The van der Waals surface area contributed by atoms with Crippen molar-refractivity contribution in [2.24, 2.45) is 0 Å².